The molecule has 1 saturated heterocycles. The third-order valence-electron chi connectivity index (χ3n) is 7.17. The maximum absolute atomic E-state index is 13.1. The van der Waals surface area contributed by atoms with E-state index in [0.29, 0.717) is 55.7 Å². The molecule has 1 fully saturated rings. The molecule has 1 aromatic heterocycles. The molecule has 9 heteroatoms. The first kappa shape index (κ1) is 27.5. The summed E-state index contributed by atoms with van der Waals surface area (Å²) in [6.45, 7) is 5.87. The molecule has 1 aliphatic heterocycles. The van der Waals surface area contributed by atoms with Crippen molar-refractivity contribution < 1.29 is 14.4 Å². The van der Waals surface area contributed by atoms with E-state index in [9.17, 15) is 14.4 Å². The van der Waals surface area contributed by atoms with E-state index < -0.39 is 0 Å². The zero-order chi connectivity index (χ0) is 28.2. The molecule has 3 aromatic carbocycles. The average molecular weight is 601 g/mol. The minimum Gasteiger partial charge on any atom is -0.335 e. The van der Waals surface area contributed by atoms with Gasteiger partial charge in [-0.1, -0.05) is 51.0 Å². The number of aromatic nitrogens is 3. The van der Waals surface area contributed by atoms with Gasteiger partial charge in [-0.2, -0.15) is 0 Å². The number of aryl methyl sites for hydroxylation is 3. The van der Waals surface area contributed by atoms with E-state index in [1.165, 1.54) is 0 Å². The van der Waals surface area contributed by atoms with Crippen LogP contribution in [0.4, 0.5) is 0 Å². The van der Waals surface area contributed by atoms with Crippen LogP contribution in [0, 0.1) is 13.8 Å². The van der Waals surface area contributed by atoms with Crippen LogP contribution < -0.4 is 0 Å². The van der Waals surface area contributed by atoms with E-state index in [-0.39, 0.29) is 17.6 Å². The summed E-state index contributed by atoms with van der Waals surface area (Å²) >= 11 is 3.44. The minimum atomic E-state index is -0.0626. The topological polar surface area (TPSA) is 88.4 Å². The van der Waals surface area contributed by atoms with Crippen LogP contribution in [0.15, 0.2) is 77.4 Å². The van der Waals surface area contributed by atoms with E-state index in [1.807, 2.05) is 74.6 Å². The number of nitrogens with zero attached hydrogens (tertiary/aromatic N) is 5. The maximum atomic E-state index is 13.1. The van der Waals surface area contributed by atoms with Crippen molar-refractivity contribution in [3.63, 3.8) is 0 Å². The summed E-state index contributed by atoms with van der Waals surface area (Å²) in [4.78, 5) is 42.2. The zero-order valence-electron chi connectivity index (χ0n) is 22.5. The van der Waals surface area contributed by atoms with Crippen LogP contribution in [-0.4, -0.2) is 68.6 Å². The second-order valence-electron chi connectivity index (χ2n) is 10.0. The Labute approximate surface area is 241 Å². The molecule has 0 radical (unpaired) electrons. The second kappa shape index (κ2) is 12.0. The van der Waals surface area contributed by atoms with Gasteiger partial charge >= 0.3 is 0 Å². The van der Waals surface area contributed by atoms with Crippen molar-refractivity contribution in [3.05, 3.63) is 111 Å². The highest BCUT2D eigenvalue weighted by Crippen LogP contribution is 2.19. The van der Waals surface area contributed by atoms with E-state index in [4.69, 9.17) is 0 Å². The summed E-state index contributed by atoms with van der Waals surface area (Å²) in [6, 6.07) is 20.4. The van der Waals surface area contributed by atoms with E-state index in [1.54, 1.807) is 26.6 Å². The molecule has 2 amide bonds. The highest BCUT2D eigenvalue weighted by Gasteiger charge is 2.26. The number of hydrogen-bond donors (Lipinski definition) is 0. The van der Waals surface area contributed by atoms with E-state index >= 15 is 0 Å². The molecule has 0 spiro atoms. The van der Waals surface area contributed by atoms with Gasteiger partial charge in [-0.3, -0.25) is 14.4 Å². The lowest BCUT2D eigenvalue weighted by Crippen LogP contribution is -2.50. The molecular formula is C31H30BrN5O3. The fourth-order valence-electron chi connectivity index (χ4n) is 4.75. The normalized spacial score (nSPS) is 13.4. The van der Waals surface area contributed by atoms with Gasteiger partial charge in [0.05, 0.1) is 17.6 Å². The summed E-state index contributed by atoms with van der Waals surface area (Å²) in [7, 11) is 0. The van der Waals surface area contributed by atoms with Crippen molar-refractivity contribution in [2.45, 2.75) is 26.7 Å². The van der Waals surface area contributed by atoms with Crippen molar-refractivity contribution in [3.8, 4) is 5.69 Å². The number of Topliss-reactive ketones (excluding diaryl/α,β-unsaturated/α-hetero) is 1. The number of carbonyl (C=O) groups is 3. The molecule has 0 unspecified atom stereocenters. The lowest BCUT2D eigenvalue weighted by molar-refractivity contribution is 0.0535. The van der Waals surface area contributed by atoms with Crippen LogP contribution in [-0.2, 0) is 6.42 Å². The van der Waals surface area contributed by atoms with Gasteiger partial charge in [0.25, 0.3) is 11.8 Å². The first-order valence-electron chi connectivity index (χ1n) is 13.2. The van der Waals surface area contributed by atoms with Crippen LogP contribution >= 0.6 is 15.9 Å². The van der Waals surface area contributed by atoms with Gasteiger partial charge in [-0.05, 0) is 61.9 Å². The summed E-state index contributed by atoms with van der Waals surface area (Å²) in [6.07, 6.45) is 2.67. The third kappa shape index (κ3) is 6.20. The molecule has 1 aliphatic rings. The number of amides is 2. The number of benzene rings is 3. The SMILES string of the molecule is Cc1ccc(C(=O)CCc2cn(-c3ccc(C(=O)N4CCN(C(=O)c5ccc(Br)cc5C)CC4)cc3)nn2)cc1. The monoisotopic (exact) mass is 599 g/mol. The van der Waals surface area contributed by atoms with Gasteiger partial charge < -0.3 is 9.80 Å². The quantitative estimate of drug-likeness (QED) is 0.277. The smallest absolute Gasteiger partial charge is 0.254 e. The molecule has 0 atom stereocenters. The summed E-state index contributed by atoms with van der Waals surface area (Å²) in [5, 5.41) is 8.40. The molecule has 2 heterocycles. The molecule has 0 saturated carbocycles. The summed E-state index contributed by atoms with van der Waals surface area (Å²) in [5.41, 5.74) is 5.52. The number of hydrogen-bond acceptors (Lipinski definition) is 5. The van der Waals surface area contributed by atoms with Crippen molar-refractivity contribution in [2.24, 2.45) is 0 Å². The molecule has 0 N–H and O–H groups in total. The molecular weight excluding hydrogens is 570 g/mol. The molecule has 5 rings (SSSR count). The number of ketones is 1. The Balaban J connectivity index is 1.15. The van der Waals surface area contributed by atoms with Gasteiger partial charge in [0.15, 0.2) is 5.78 Å². The molecule has 40 heavy (non-hydrogen) atoms. The molecule has 4 aromatic rings. The van der Waals surface area contributed by atoms with Gasteiger partial charge in [0.2, 0.25) is 0 Å². The third-order valence-corrected chi connectivity index (χ3v) is 7.67. The Morgan fingerprint density at radius 1 is 0.800 bits per heavy atom. The maximum Gasteiger partial charge on any atom is 0.254 e. The Kier molecular flexibility index (Phi) is 8.21. The van der Waals surface area contributed by atoms with E-state index in [2.05, 4.69) is 26.2 Å². The Morgan fingerprint density at radius 3 is 2.08 bits per heavy atom. The van der Waals surface area contributed by atoms with Crippen molar-refractivity contribution >= 4 is 33.5 Å². The molecule has 0 aliphatic carbocycles. The van der Waals surface area contributed by atoms with Gasteiger partial charge in [0, 0.05) is 60.2 Å². The van der Waals surface area contributed by atoms with Crippen LogP contribution in [0.2, 0.25) is 0 Å². The Bertz CT molecular complexity index is 1540. The standard InChI is InChI=1S/C31H30BrN5O3/c1-21-3-5-23(6-4-21)29(38)14-10-26-20-37(34-33-26)27-11-7-24(8-12-27)30(39)35-15-17-36(18-16-35)31(40)28-13-9-25(32)19-22(28)2/h3-9,11-13,19-20H,10,14-18H2,1-2H3. The largest absolute Gasteiger partial charge is 0.335 e. The first-order valence-corrected chi connectivity index (χ1v) is 14.0. The second-order valence-corrected chi connectivity index (χ2v) is 10.9. The number of carbonyl (C=O) groups excluding carboxylic acids is 3. The van der Waals surface area contributed by atoms with Gasteiger partial charge in [-0.25, -0.2) is 4.68 Å². The summed E-state index contributed by atoms with van der Waals surface area (Å²) in [5.74, 6) is 0.00609. The average Bonchev–Trinajstić information content (AvgIpc) is 3.45. The van der Waals surface area contributed by atoms with Crippen LogP contribution in [0.5, 0.6) is 0 Å². The van der Waals surface area contributed by atoms with Crippen LogP contribution in [0.1, 0.15) is 54.3 Å². The van der Waals surface area contributed by atoms with Crippen LogP contribution in [0.25, 0.3) is 5.69 Å². The lowest BCUT2D eigenvalue weighted by atomic mass is 10.0. The van der Waals surface area contributed by atoms with Gasteiger partial charge in [-0.15, -0.1) is 5.10 Å². The van der Waals surface area contributed by atoms with E-state index in [0.717, 1.165) is 27.0 Å². The lowest BCUT2D eigenvalue weighted by Gasteiger charge is -2.35. The molecule has 8 nitrogen and oxygen atoms in total. The Morgan fingerprint density at radius 2 is 1.43 bits per heavy atom. The summed E-state index contributed by atoms with van der Waals surface area (Å²) < 4.78 is 2.59. The first-order chi connectivity index (χ1) is 19.3. The fraction of sp³-hybridized carbons (Fsp3) is 0.258. The predicted molar refractivity (Wildman–Crippen MR) is 156 cm³/mol. The van der Waals surface area contributed by atoms with Gasteiger partial charge in [0.1, 0.15) is 0 Å². The van der Waals surface area contributed by atoms with Crippen molar-refractivity contribution in [1.82, 2.24) is 24.8 Å². The molecule has 204 valence electrons. The predicted octanol–water partition coefficient (Wildman–Crippen LogP) is 5.06. The zero-order valence-corrected chi connectivity index (χ0v) is 24.1. The highest BCUT2D eigenvalue weighted by atomic mass is 79.9. The number of rotatable bonds is 7. The fourth-order valence-corrected chi connectivity index (χ4v) is 5.23. The highest BCUT2D eigenvalue weighted by molar-refractivity contribution is 9.10. The van der Waals surface area contributed by atoms with Crippen molar-refractivity contribution in [2.75, 3.05) is 26.2 Å². The molecule has 0 bridgehead atoms. The van der Waals surface area contributed by atoms with Crippen molar-refractivity contribution in [1.29, 1.82) is 0 Å². The Hall–Kier alpha value is -4.11. The van der Waals surface area contributed by atoms with Crippen LogP contribution in [0.3, 0.4) is 0 Å². The number of piperazine rings is 1. The minimum absolute atomic E-state index is 0.00633. The number of halogens is 1.